The molecule has 0 bridgehead atoms. The molecule has 1 fully saturated rings. The van der Waals surface area contributed by atoms with Gasteiger partial charge >= 0.3 is 0 Å². The van der Waals surface area contributed by atoms with Gasteiger partial charge in [0.15, 0.2) is 0 Å². The van der Waals surface area contributed by atoms with Crippen molar-refractivity contribution >= 4 is 0 Å². The van der Waals surface area contributed by atoms with Crippen LogP contribution >= 0.6 is 0 Å². The highest BCUT2D eigenvalue weighted by Crippen LogP contribution is 2.35. The van der Waals surface area contributed by atoms with E-state index >= 15 is 0 Å². The van der Waals surface area contributed by atoms with Gasteiger partial charge < -0.3 is 10.6 Å². The molecule has 1 aliphatic carbocycles. The number of likely N-dealkylation sites (N-methyl/N-ethyl adjacent to an activating group) is 2. The lowest BCUT2D eigenvalue weighted by Crippen LogP contribution is -2.50. The van der Waals surface area contributed by atoms with Crippen LogP contribution in [-0.2, 0) is 0 Å². The van der Waals surface area contributed by atoms with Crippen LogP contribution in [0.1, 0.15) is 26.7 Å². The predicted molar refractivity (Wildman–Crippen MR) is 66.0 cm³/mol. The van der Waals surface area contributed by atoms with Gasteiger partial charge in [-0.1, -0.05) is 6.92 Å². The Morgan fingerprint density at radius 3 is 2.27 bits per heavy atom. The van der Waals surface area contributed by atoms with E-state index in [1.807, 2.05) is 0 Å². The summed E-state index contributed by atoms with van der Waals surface area (Å²) < 4.78 is 0. The Balaban J connectivity index is 2.51. The average Bonchev–Trinajstić information content (AvgIpc) is 2.95. The van der Waals surface area contributed by atoms with Crippen LogP contribution in [0.4, 0.5) is 0 Å². The summed E-state index contributed by atoms with van der Waals surface area (Å²) in [6, 6.07) is 1.23. The van der Waals surface area contributed by atoms with E-state index in [1.165, 1.54) is 12.8 Å². The Morgan fingerprint density at radius 2 is 1.93 bits per heavy atom. The zero-order valence-electron chi connectivity index (χ0n) is 10.7. The minimum Gasteiger partial charge on any atom is -0.329 e. The fraction of sp³-hybridized carbons (Fsp3) is 1.00. The average molecular weight is 213 g/mol. The van der Waals surface area contributed by atoms with E-state index in [-0.39, 0.29) is 0 Å². The lowest BCUT2D eigenvalue weighted by molar-refractivity contribution is 0.118. The molecule has 0 aromatic carbocycles. The molecule has 3 heteroatoms. The van der Waals surface area contributed by atoms with Gasteiger partial charge in [-0.25, -0.2) is 0 Å². The van der Waals surface area contributed by atoms with Crippen LogP contribution in [0.15, 0.2) is 0 Å². The maximum atomic E-state index is 5.90. The van der Waals surface area contributed by atoms with E-state index in [0.29, 0.717) is 12.1 Å². The Kier molecular flexibility index (Phi) is 5.03. The Hall–Kier alpha value is -0.120. The molecule has 3 nitrogen and oxygen atoms in total. The quantitative estimate of drug-likeness (QED) is 0.685. The smallest absolute Gasteiger partial charge is 0.0249 e. The summed E-state index contributed by atoms with van der Waals surface area (Å²) >= 11 is 0. The van der Waals surface area contributed by atoms with Crippen molar-refractivity contribution in [3.8, 4) is 0 Å². The highest BCUT2D eigenvalue weighted by atomic mass is 15.2. The largest absolute Gasteiger partial charge is 0.329 e. The summed E-state index contributed by atoms with van der Waals surface area (Å²) in [7, 11) is 4.28. The topological polar surface area (TPSA) is 32.5 Å². The number of nitrogens with zero attached hydrogens (tertiary/aromatic N) is 2. The van der Waals surface area contributed by atoms with E-state index in [2.05, 4.69) is 37.7 Å². The molecule has 1 aliphatic rings. The van der Waals surface area contributed by atoms with Crippen LogP contribution in [0.2, 0.25) is 0 Å². The number of hydrogen-bond donors (Lipinski definition) is 1. The van der Waals surface area contributed by atoms with Gasteiger partial charge in [0, 0.05) is 25.2 Å². The Morgan fingerprint density at radius 1 is 1.33 bits per heavy atom. The van der Waals surface area contributed by atoms with Crippen molar-refractivity contribution in [2.45, 2.75) is 38.8 Å². The molecule has 2 unspecified atom stereocenters. The summed E-state index contributed by atoms with van der Waals surface area (Å²) in [5.41, 5.74) is 5.90. The van der Waals surface area contributed by atoms with Crippen molar-refractivity contribution in [1.29, 1.82) is 0 Å². The van der Waals surface area contributed by atoms with Crippen LogP contribution in [0.5, 0.6) is 0 Å². The highest BCUT2D eigenvalue weighted by Gasteiger charge is 2.35. The van der Waals surface area contributed by atoms with Crippen LogP contribution in [0, 0.1) is 5.92 Å². The number of nitrogens with two attached hydrogens (primary N) is 1. The fourth-order valence-corrected chi connectivity index (χ4v) is 2.59. The van der Waals surface area contributed by atoms with Gasteiger partial charge in [0.05, 0.1) is 0 Å². The molecule has 0 aliphatic heterocycles. The monoisotopic (exact) mass is 213 g/mol. The third kappa shape index (κ3) is 3.74. The molecular weight excluding hydrogens is 186 g/mol. The first-order valence-electron chi connectivity index (χ1n) is 6.20. The van der Waals surface area contributed by atoms with Crippen molar-refractivity contribution in [2.24, 2.45) is 11.7 Å². The van der Waals surface area contributed by atoms with E-state index in [0.717, 1.165) is 25.6 Å². The normalized spacial score (nSPS) is 21.0. The van der Waals surface area contributed by atoms with Crippen molar-refractivity contribution in [3.63, 3.8) is 0 Å². The summed E-state index contributed by atoms with van der Waals surface area (Å²) in [5.74, 6) is 0.875. The Labute approximate surface area is 94.6 Å². The lowest BCUT2D eigenvalue weighted by atomic mass is 10.1. The lowest BCUT2D eigenvalue weighted by Gasteiger charge is -2.36. The van der Waals surface area contributed by atoms with Gasteiger partial charge in [0.2, 0.25) is 0 Å². The first-order chi connectivity index (χ1) is 7.10. The van der Waals surface area contributed by atoms with Crippen LogP contribution in [-0.4, -0.2) is 55.6 Å². The second-order valence-electron chi connectivity index (χ2n) is 5.08. The maximum absolute atomic E-state index is 5.90. The van der Waals surface area contributed by atoms with Gasteiger partial charge in [0.25, 0.3) is 0 Å². The second-order valence-corrected chi connectivity index (χ2v) is 5.08. The predicted octanol–water partition coefficient (Wildman–Crippen LogP) is 0.996. The molecule has 0 spiro atoms. The Bertz CT molecular complexity index is 178. The third-order valence-electron chi connectivity index (χ3n) is 3.39. The minimum atomic E-state index is 0.610. The van der Waals surface area contributed by atoms with Crippen molar-refractivity contribution < 1.29 is 0 Å². The summed E-state index contributed by atoms with van der Waals surface area (Å²) in [6.07, 6.45) is 2.76. The minimum absolute atomic E-state index is 0.610. The first kappa shape index (κ1) is 12.9. The van der Waals surface area contributed by atoms with Crippen molar-refractivity contribution in [3.05, 3.63) is 0 Å². The van der Waals surface area contributed by atoms with Gasteiger partial charge in [-0.3, -0.25) is 4.90 Å². The summed E-state index contributed by atoms with van der Waals surface area (Å²) in [6.45, 7) is 7.62. The van der Waals surface area contributed by atoms with Gasteiger partial charge in [-0.2, -0.15) is 0 Å². The van der Waals surface area contributed by atoms with E-state index in [1.54, 1.807) is 0 Å². The fourth-order valence-electron chi connectivity index (χ4n) is 2.59. The SMILES string of the molecule is CCN(C(C)CN(C)C)C(CN)C1CC1. The second kappa shape index (κ2) is 5.83. The van der Waals surface area contributed by atoms with Crippen LogP contribution in [0.25, 0.3) is 0 Å². The maximum Gasteiger partial charge on any atom is 0.0249 e. The third-order valence-corrected chi connectivity index (χ3v) is 3.39. The molecule has 0 radical (unpaired) electrons. The standard InChI is InChI=1S/C12H27N3/c1-5-15(10(2)9-14(3)4)12(8-13)11-6-7-11/h10-12H,5-9,13H2,1-4H3. The first-order valence-corrected chi connectivity index (χ1v) is 6.20. The van der Waals surface area contributed by atoms with E-state index in [4.69, 9.17) is 5.73 Å². The molecule has 0 saturated heterocycles. The molecule has 0 heterocycles. The van der Waals surface area contributed by atoms with Gasteiger partial charge in [0.1, 0.15) is 0 Å². The molecule has 1 rings (SSSR count). The molecule has 2 N–H and O–H groups in total. The van der Waals surface area contributed by atoms with E-state index < -0.39 is 0 Å². The number of rotatable bonds is 7. The molecule has 0 amide bonds. The van der Waals surface area contributed by atoms with E-state index in [9.17, 15) is 0 Å². The molecule has 15 heavy (non-hydrogen) atoms. The summed E-state index contributed by atoms with van der Waals surface area (Å²) in [5, 5.41) is 0. The zero-order chi connectivity index (χ0) is 11.4. The summed E-state index contributed by atoms with van der Waals surface area (Å²) in [4.78, 5) is 4.84. The van der Waals surface area contributed by atoms with Crippen molar-refractivity contribution in [1.82, 2.24) is 9.80 Å². The van der Waals surface area contributed by atoms with Crippen LogP contribution < -0.4 is 5.73 Å². The molecule has 0 aromatic heterocycles. The molecule has 1 saturated carbocycles. The number of hydrogen-bond acceptors (Lipinski definition) is 3. The van der Waals surface area contributed by atoms with Crippen LogP contribution in [0.3, 0.4) is 0 Å². The van der Waals surface area contributed by atoms with Crippen molar-refractivity contribution in [2.75, 3.05) is 33.7 Å². The molecule has 0 aromatic rings. The molecule has 90 valence electrons. The highest BCUT2D eigenvalue weighted by molar-refractivity contribution is 4.90. The van der Waals surface area contributed by atoms with Gasteiger partial charge in [-0.05, 0) is 46.3 Å². The van der Waals surface area contributed by atoms with Gasteiger partial charge in [-0.15, -0.1) is 0 Å². The molecular formula is C12H27N3. The zero-order valence-corrected chi connectivity index (χ0v) is 10.7. The molecule has 2 atom stereocenters.